The van der Waals surface area contributed by atoms with Gasteiger partial charge in [0.05, 0.1) is 24.4 Å². The van der Waals surface area contributed by atoms with E-state index in [4.69, 9.17) is 14.5 Å². The molecule has 5 rings (SSSR count). The van der Waals surface area contributed by atoms with E-state index >= 15 is 0 Å². The van der Waals surface area contributed by atoms with Crippen LogP contribution in [0.4, 0.5) is 14.5 Å². The van der Waals surface area contributed by atoms with Gasteiger partial charge in [-0.2, -0.15) is 0 Å². The fraction of sp³-hybridized carbons (Fsp3) is 0.440. The summed E-state index contributed by atoms with van der Waals surface area (Å²) in [7, 11) is 3.96. The maximum Gasteiger partial charge on any atom is 0.249 e. The van der Waals surface area contributed by atoms with Crippen molar-refractivity contribution >= 4 is 22.6 Å². The normalized spacial score (nSPS) is 19.9. The standard InChI is InChI=1S/C25H27F2N5O3/c1-31(2)18-5-3-16(4-6-18)20-11-21-22(29-8-7-28-21)23(30-20)35-15-19-14-32(9-10-34-19)24(33)17-12-25(26,27)13-17/h3-8,11,17,19H,9-10,12-15H2,1-2H3. The molecule has 35 heavy (non-hydrogen) atoms. The smallest absolute Gasteiger partial charge is 0.249 e. The Balaban J connectivity index is 1.31. The number of ether oxygens (including phenoxy) is 2. The molecule has 1 aliphatic carbocycles. The van der Waals surface area contributed by atoms with Gasteiger partial charge in [-0.1, -0.05) is 12.1 Å². The summed E-state index contributed by atoms with van der Waals surface area (Å²) in [5.41, 5.74) is 3.87. The number of carbonyl (C=O) groups is 1. The van der Waals surface area contributed by atoms with Crippen LogP contribution < -0.4 is 9.64 Å². The third kappa shape index (κ3) is 5.02. The van der Waals surface area contributed by atoms with Gasteiger partial charge in [0.25, 0.3) is 0 Å². The second-order valence-corrected chi connectivity index (χ2v) is 9.23. The minimum Gasteiger partial charge on any atom is -0.473 e. The summed E-state index contributed by atoms with van der Waals surface area (Å²) in [5.74, 6) is -3.24. The number of amides is 1. The number of fused-ring (bicyclic) bond motifs is 1. The lowest BCUT2D eigenvalue weighted by atomic mass is 9.80. The lowest BCUT2D eigenvalue weighted by Gasteiger charge is -2.40. The Morgan fingerprint density at radius 3 is 2.66 bits per heavy atom. The molecule has 1 aliphatic heterocycles. The maximum absolute atomic E-state index is 13.2. The molecular weight excluding hydrogens is 456 g/mol. The van der Waals surface area contributed by atoms with Gasteiger partial charge in [0.2, 0.25) is 17.7 Å². The number of hydrogen-bond acceptors (Lipinski definition) is 7. The van der Waals surface area contributed by atoms with Gasteiger partial charge in [0, 0.05) is 63.0 Å². The summed E-state index contributed by atoms with van der Waals surface area (Å²) in [6.45, 7) is 1.15. The largest absolute Gasteiger partial charge is 0.473 e. The molecule has 0 N–H and O–H groups in total. The molecule has 8 nitrogen and oxygen atoms in total. The lowest BCUT2D eigenvalue weighted by Crippen LogP contribution is -2.53. The Morgan fingerprint density at radius 2 is 1.94 bits per heavy atom. The van der Waals surface area contributed by atoms with E-state index in [1.165, 1.54) is 0 Å². The molecule has 1 amide bonds. The number of carbonyl (C=O) groups excluding carboxylic acids is 1. The van der Waals surface area contributed by atoms with Crippen molar-refractivity contribution in [1.82, 2.24) is 19.9 Å². The zero-order chi connectivity index (χ0) is 24.6. The van der Waals surface area contributed by atoms with Crippen molar-refractivity contribution in [1.29, 1.82) is 0 Å². The first-order valence-corrected chi connectivity index (χ1v) is 11.6. The van der Waals surface area contributed by atoms with E-state index in [9.17, 15) is 13.6 Å². The molecular formula is C25H27F2N5O3. The zero-order valence-corrected chi connectivity index (χ0v) is 19.7. The van der Waals surface area contributed by atoms with E-state index in [2.05, 4.69) is 9.97 Å². The van der Waals surface area contributed by atoms with Gasteiger partial charge in [0.15, 0.2) is 5.52 Å². The maximum atomic E-state index is 13.2. The van der Waals surface area contributed by atoms with Crippen molar-refractivity contribution in [3.8, 4) is 17.1 Å². The van der Waals surface area contributed by atoms with Crippen LogP contribution in [0.2, 0.25) is 0 Å². The van der Waals surface area contributed by atoms with Gasteiger partial charge in [-0.05, 0) is 18.2 Å². The molecule has 1 atom stereocenters. The van der Waals surface area contributed by atoms with Gasteiger partial charge in [-0.15, -0.1) is 0 Å². The summed E-state index contributed by atoms with van der Waals surface area (Å²) >= 11 is 0. The van der Waals surface area contributed by atoms with E-state index in [-0.39, 0.29) is 31.9 Å². The first-order valence-electron chi connectivity index (χ1n) is 11.6. The SMILES string of the molecule is CN(C)c1ccc(-c2cc3nccnc3c(OCC3CN(C(=O)C4CC(F)(F)C4)CCO3)n2)cc1. The predicted molar refractivity (Wildman–Crippen MR) is 127 cm³/mol. The van der Waals surface area contributed by atoms with Crippen molar-refractivity contribution in [3.05, 3.63) is 42.7 Å². The Bertz CT molecular complexity index is 1210. The van der Waals surface area contributed by atoms with Gasteiger partial charge in [-0.25, -0.2) is 18.7 Å². The number of morpholine rings is 1. The predicted octanol–water partition coefficient (Wildman–Crippen LogP) is 3.41. The monoisotopic (exact) mass is 483 g/mol. The van der Waals surface area contributed by atoms with Crippen LogP contribution in [0, 0.1) is 5.92 Å². The number of nitrogens with zero attached hydrogens (tertiary/aromatic N) is 5. The van der Waals surface area contributed by atoms with Gasteiger partial charge in [-0.3, -0.25) is 9.78 Å². The van der Waals surface area contributed by atoms with Gasteiger partial charge in [0.1, 0.15) is 12.7 Å². The highest BCUT2D eigenvalue weighted by molar-refractivity contribution is 5.83. The highest BCUT2D eigenvalue weighted by Gasteiger charge is 2.50. The molecule has 10 heteroatoms. The number of halogens is 2. The first-order chi connectivity index (χ1) is 16.8. The van der Waals surface area contributed by atoms with Crippen molar-refractivity contribution in [3.63, 3.8) is 0 Å². The molecule has 1 aromatic carbocycles. The average Bonchev–Trinajstić information content (AvgIpc) is 2.85. The third-order valence-electron chi connectivity index (χ3n) is 6.40. The molecule has 1 saturated carbocycles. The fourth-order valence-electron chi connectivity index (χ4n) is 4.41. The first kappa shape index (κ1) is 23.3. The molecule has 0 bridgehead atoms. The minimum atomic E-state index is -2.72. The molecule has 3 aromatic rings. The van der Waals surface area contributed by atoms with Crippen LogP contribution in [-0.4, -0.2) is 78.2 Å². The molecule has 0 radical (unpaired) electrons. The highest BCUT2D eigenvalue weighted by Crippen LogP contribution is 2.43. The Kier molecular flexibility index (Phi) is 6.22. The van der Waals surface area contributed by atoms with Crippen LogP contribution >= 0.6 is 0 Å². The second kappa shape index (κ2) is 9.33. The summed E-state index contributed by atoms with van der Waals surface area (Å²) in [6.07, 6.45) is 2.05. The lowest BCUT2D eigenvalue weighted by molar-refractivity contribution is -0.166. The average molecular weight is 484 g/mol. The number of pyridine rings is 1. The molecule has 184 valence electrons. The molecule has 3 heterocycles. The molecule has 2 aromatic heterocycles. The zero-order valence-electron chi connectivity index (χ0n) is 19.7. The Hall–Kier alpha value is -3.40. The summed E-state index contributed by atoms with van der Waals surface area (Å²) < 4.78 is 38.2. The number of hydrogen-bond donors (Lipinski definition) is 0. The van der Waals surface area contributed by atoms with Crippen LogP contribution in [0.5, 0.6) is 5.88 Å². The van der Waals surface area contributed by atoms with E-state index in [0.29, 0.717) is 35.8 Å². The van der Waals surface area contributed by atoms with Crippen LogP contribution in [0.15, 0.2) is 42.7 Å². The van der Waals surface area contributed by atoms with Gasteiger partial charge >= 0.3 is 0 Å². The summed E-state index contributed by atoms with van der Waals surface area (Å²) in [5, 5.41) is 0. The number of aromatic nitrogens is 3. The van der Waals surface area contributed by atoms with Crippen molar-refractivity contribution in [2.24, 2.45) is 5.92 Å². The van der Waals surface area contributed by atoms with E-state index < -0.39 is 17.9 Å². The minimum absolute atomic E-state index is 0.145. The molecule has 2 aliphatic rings. The summed E-state index contributed by atoms with van der Waals surface area (Å²) in [6, 6.07) is 9.87. The van der Waals surface area contributed by atoms with Crippen molar-refractivity contribution < 1.29 is 23.0 Å². The molecule has 0 spiro atoms. The number of anilines is 1. The van der Waals surface area contributed by atoms with Gasteiger partial charge < -0.3 is 19.3 Å². The topological polar surface area (TPSA) is 80.7 Å². The van der Waals surface area contributed by atoms with E-state index in [1.807, 2.05) is 49.3 Å². The number of alkyl halides is 2. The van der Waals surface area contributed by atoms with Crippen LogP contribution in [0.3, 0.4) is 0 Å². The summed E-state index contributed by atoms with van der Waals surface area (Å²) in [4.78, 5) is 29.7. The van der Waals surface area contributed by atoms with Crippen molar-refractivity contribution in [2.45, 2.75) is 24.9 Å². The molecule has 2 fully saturated rings. The number of rotatable bonds is 6. The van der Waals surface area contributed by atoms with Crippen LogP contribution in [-0.2, 0) is 9.53 Å². The second-order valence-electron chi connectivity index (χ2n) is 9.23. The Labute approximate surface area is 201 Å². The van der Waals surface area contributed by atoms with Crippen LogP contribution in [0.1, 0.15) is 12.8 Å². The Morgan fingerprint density at radius 1 is 1.20 bits per heavy atom. The highest BCUT2D eigenvalue weighted by atomic mass is 19.3. The molecule has 1 saturated heterocycles. The quantitative estimate of drug-likeness (QED) is 0.532. The molecule has 1 unspecified atom stereocenters. The van der Waals surface area contributed by atoms with E-state index in [1.54, 1.807) is 17.3 Å². The number of benzene rings is 1. The van der Waals surface area contributed by atoms with Crippen molar-refractivity contribution in [2.75, 3.05) is 45.3 Å². The third-order valence-corrected chi connectivity index (χ3v) is 6.40. The van der Waals surface area contributed by atoms with Crippen LogP contribution in [0.25, 0.3) is 22.3 Å². The fourth-order valence-corrected chi connectivity index (χ4v) is 4.41. The van der Waals surface area contributed by atoms with E-state index in [0.717, 1.165) is 11.3 Å².